The molecule has 4 heteroatoms. The van der Waals surface area contributed by atoms with Gasteiger partial charge < -0.3 is 19.3 Å². The maximum atomic E-state index is 8.56. The van der Waals surface area contributed by atoms with Crippen molar-refractivity contribution in [2.45, 2.75) is 110 Å². The molecular weight excluding hydrogens is 352 g/mol. The van der Waals surface area contributed by atoms with E-state index in [1.165, 1.54) is 96.3 Å². The van der Waals surface area contributed by atoms with Gasteiger partial charge in [0, 0.05) is 6.61 Å². The molecular formula is C24H50O4. The molecule has 0 fully saturated rings. The van der Waals surface area contributed by atoms with Crippen LogP contribution in [0.2, 0.25) is 0 Å². The predicted octanol–water partition coefficient (Wildman–Crippen LogP) is 6.29. The largest absolute Gasteiger partial charge is 0.394 e. The monoisotopic (exact) mass is 402 g/mol. The fourth-order valence-corrected chi connectivity index (χ4v) is 3.36. The van der Waals surface area contributed by atoms with Crippen LogP contribution >= 0.6 is 0 Å². The summed E-state index contributed by atoms with van der Waals surface area (Å²) in [7, 11) is 0. The highest BCUT2D eigenvalue weighted by atomic mass is 16.5. The van der Waals surface area contributed by atoms with Crippen LogP contribution in [0.3, 0.4) is 0 Å². The first-order valence-corrected chi connectivity index (χ1v) is 12.3. The van der Waals surface area contributed by atoms with Crippen molar-refractivity contribution < 1.29 is 19.3 Å². The van der Waals surface area contributed by atoms with Gasteiger partial charge in [0.25, 0.3) is 0 Å². The third-order valence-electron chi connectivity index (χ3n) is 5.12. The zero-order chi connectivity index (χ0) is 20.4. The van der Waals surface area contributed by atoms with Crippen LogP contribution in [0, 0.1) is 0 Å². The van der Waals surface area contributed by atoms with Gasteiger partial charge in [-0.2, -0.15) is 0 Å². The van der Waals surface area contributed by atoms with Crippen LogP contribution in [0.25, 0.3) is 0 Å². The number of aliphatic hydroxyl groups excluding tert-OH is 1. The molecule has 0 aromatic carbocycles. The van der Waals surface area contributed by atoms with E-state index in [0.29, 0.717) is 33.0 Å². The second kappa shape index (κ2) is 26.8. The smallest absolute Gasteiger partial charge is 0.0701 e. The normalized spacial score (nSPS) is 11.4. The summed E-state index contributed by atoms with van der Waals surface area (Å²) in [5.41, 5.74) is 0. The maximum absolute atomic E-state index is 8.56. The number of ether oxygens (including phenoxy) is 3. The summed E-state index contributed by atoms with van der Waals surface area (Å²) >= 11 is 0. The molecule has 0 radical (unpaired) electrons. The molecule has 0 aliphatic heterocycles. The van der Waals surface area contributed by atoms with Gasteiger partial charge in [-0.15, -0.1) is 0 Å². The van der Waals surface area contributed by atoms with Crippen LogP contribution in [0.5, 0.6) is 0 Å². The van der Waals surface area contributed by atoms with Crippen molar-refractivity contribution in [2.75, 3.05) is 46.2 Å². The summed E-state index contributed by atoms with van der Waals surface area (Å²) in [5, 5.41) is 8.56. The molecule has 0 unspecified atom stereocenters. The zero-order valence-corrected chi connectivity index (χ0v) is 18.9. The van der Waals surface area contributed by atoms with Crippen molar-refractivity contribution in [3.63, 3.8) is 0 Å². The average Bonchev–Trinajstić information content (AvgIpc) is 2.71. The Bertz CT molecular complexity index is 235. The van der Waals surface area contributed by atoms with E-state index >= 15 is 0 Å². The number of rotatable bonds is 25. The standard InChI is InChI=1S/C24H50O4/c1-2-3-4-5-6-7-8-9-10-11-12-13-14-15-16-17-19-26-21-23-28-24-22-27-20-18-25/h25H,2-24H2,1H3. The van der Waals surface area contributed by atoms with Crippen molar-refractivity contribution in [1.82, 2.24) is 0 Å². The molecule has 0 heterocycles. The van der Waals surface area contributed by atoms with Crippen LogP contribution < -0.4 is 0 Å². The van der Waals surface area contributed by atoms with Crippen LogP contribution in [-0.4, -0.2) is 51.4 Å². The zero-order valence-electron chi connectivity index (χ0n) is 18.9. The first-order chi connectivity index (χ1) is 13.9. The topological polar surface area (TPSA) is 47.9 Å². The van der Waals surface area contributed by atoms with E-state index in [9.17, 15) is 0 Å². The van der Waals surface area contributed by atoms with Crippen LogP contribution in [0.1, 0.15) is 110 Å². The SMILES string of the molecule is CCCCCCCCCCCCCCCCCCOCCOCCOCCO. The lowest BCUT2D eigenvalue weighted by molar-refractivity contribution is 0.00719. The molecule has 0 bridgehead atoms. The molecule has 4 nitrogen and oxygen atoms in total. The maximum Gasteiger partial charge on any atom is 0.0701 e. The number of hydrogen-bond donors (Lipinski definition) is 1. The summed E-state index contributed by atoms with van der Waals surface area (Å²) in [6.07, 6.45) is 22.4. The van der Waals surface area contributed by atoms with Gasteiger partial charge in [0.1, 0.15) is 0 Å². The Balaban J connectivity index is 2.96. The fourth-order valence-electron chi connectivity index (χ4n) is 3.36. The number of unbranched alkanes of at least 4 members (excludes halogenated alkanes) is 15. The minimum atomic E-state index is 0.0718. The van der Waals surface area contributed by atoms with E-state index in [1.807, 2.05) is 0 Å². The Labute approximate surface area is 175 Å². The molecule has 0 aromatic rings. The van der Waals surface area contributed by atoms with Gasteiger partial charge in [0.05, 0.1) is 39.6 Å². The third-order valence-corrected chi connectivity index (χ3v) is 5.12. The molecule has 0 saturated carbocycles. The molecule has 0 atom stereocenters. The third kappa shape index (κ3) is 25.8. The number of aliphatic hydroxyl groups is 1. The minimum Gasteiger partial charge on any atom is -0.394 e. The second-order valence-corrected chi connectivity index (χ2v) is 7.86. The van der Waals surface area contributed by atoms with Gasteiger partial charge >= 0.3 is 0 Å². The van der Waals surface area contributed by atoms with Crippen molar-refractivity contribution in [2.24, 2.45) is 0 Å². The van der Waals surface area contributed by atoms with Crippen molar-refractivity contribution in [1.29, 1.82) is 0 Å². The molecule has 1 N–H and O–H groups in total. The molecule has 0 spiro atoms. The lowest BCUT2D eigenvalue weighted by atomic mass is 10.0. The summed E-state index contributed by atoms with van der Waals surface area (Å²) in [5.74, 6) is 0. The van der Waals surface area contributed by atoms with Crippen LogP contribution in [0.15, 0.2) is 0 Å². The molecule has 170 valence electrons. The van der Waals surface area contributed by atoms with E-state index < -0.39 is 0 Å². The summed E-state index contributed by atoms with van der Waals surface area (Å²) in [6, 6.07) is 0. The quantitative estimate of drug-likeness (QED) is 0.182. The lowest BCUT2D eigenvalue weighted by Gasteiger charge is -2.06. The Kier molecular flexibility index (Phi) is 26.7. The molecule has 0 aromatic heterocycles. The molecule has 0 aliphatic carbocycles. The average molecular weight is 403 g/mol. The Hall–Kier alpha value is -0.160. The van der Waals surface area contributed by atoms with Crippen LogP contribution in [-0.2, 0) is 14.2 Å². The van der Waals surface area contributed by atoms with E-state index in [2.05, 4.69) is 6.92 Å². The summed E-state index contributed by atoms with van der Waals surface area (Å²) in [4.78, 5) is 0. The molecule has 0 rings (SSSR count). The predicted molar refractivity (Wildman–Crippen MR) is 119 cm³/mol. The first-order valence-electron chi connectivity index (χ1n) is 12.3. The van der Waals surface area contributed by atoms with Gasteiger partial charge in [-0.25, -0.2) is 0 Å². The molecule has 28 heavy (non-hydrogen) atoms. The first kappa shape index (κ1) is 27.8. The highest BCUT2D eigenvalue weighted by Crippen LogP contribution is 2.13. The van der Waals surface area contributed by atoms with E-state index in [0.717, 1.165) is 13.0 Å². The summed E-state index contributed by atoms with van der Waals surface area (Å²) < 4.78 is 16.1. The summed E-state index contributed by atoms with van der Waals surface area (Å²) in [6.45, 7) is 6.00. The molecule has 0 aliphatic rings. The van der Waals surface area contributed by atoms with Gasteiger partial charge in [-0.05, 0) is 6.42 Å². The lowest BCUT2D eigenvalue weighted by Crippen LogP contribution is -2.11. The van der Waals surface area contributed by atoms with Crippen LogP contribution in [0.4, 0.5) is 0 Å². The van der Waals surface area contributed by atoms with Crippen molar-refractivity contribution in [3.05, 3.63) is 0 Å². The Morgan fingerprint density at radius 1 is 0.393 bits per heavy atom. The van der Waals surface area contributed by atoms with Gasteiger partial charge in [-0.3, -0.25) is 0 Å². The number of hydrogen-bond acceptors (Lipinski definition) is 4. The van der Waals surface area contributed by atoms with E-state index in [1.54, 1.807) is 0 Å². The van der Waals surface area contributed by atoms with Crippen molar-refractivity contribution >= 4 is 0 Å². The Morgan fingerprint density at radius 3 is 1.11 bits per heavy atom. The van der Waals surface area contributed by atoms with Gasteiger partial charge in [-0.1, -0.05) is 103 Å². The van der Waals surface area contributed by atoms with Gasteiger partial charge in [0.2, 0.25) is 0 Å². The minimum absolute atomic E-state index is 0.0718. The Morgan fingerprint density at radius 2 is 0.714 bits per heavy atom. The second-order valence-electron chi connectivity index (χ2n) is 7.86. The van der Waals surface area contributed by atoms with E-state index in [-0.39, 0.29) is 6.61 Å². The van der Waals surface area contributed by atoms with Crippen molar-refractivity contribution in [3.8, 4) is 0 Å². The highest BCUT2D eigenvalue weighted by molar-refractivity contribution is 4.50. The molecule has 0 saturated heterocycles. The fraction of sp³-hybridized carbons (Fsp3) is 1.00. The van der Waals surface area contributed by atoms with Gasteiger partial charge in [0.15, 0.2) is 0 Å². The highest BCUT2D eigenvalue weighted by Gasteiger charge is 1.95. The molecule has 0 amide bonds. The van der Waals surface area contributed by atoms with E-state index in [4.69, 9.17) is 19.3 Å².